The molecular weight excluding hydrogens is 492 g/mol. The van der Waals surface area contributed by atoms with Gasteiger partial charge in [-0.05, 0) is 42.5 Å². The van der Waals surface area contributed by atoms with Crippen LogP contribution in [-0.4, -0.2) is 35.2 Å². The molecule has 0 spiro atoms. The van der Waals surface area contributed by atoms with Crippen molar-refractivity contribution in [1.82, 2.24) is 14.5 Å². The van der Waals surface area contributed by atoms with Crippen LogP contribution in [-0.2, 0) is 21.8 Å². The summed E-state index contributed by atoms with van der Waals surface area (Å²) in [5.74, 6) is -1.26. The van der Waals surface area contributed by atoms with Crippen molar-refractivity contribution in [3.05, 3.63) is 78.1 Å². The number of carbonyl (C=O) groups excluding carboxylic acids is 1. The predicted molar refractivity (Wildman–Crippen MR) is 118 cm³/mol. The van der Waals surface area contributed by atoms with Crippen LogP contribution in [0, 0.1) is 5.82 Å². The maximum atomic E-state index is 13.5. The van der Waals surface area contributed by atoms with Crippen LogP contribution in [0.25, 0.3) is 10.9 Å². The van der Waals surface area contributed by atoms with Gasteiger partial charge in [-0.2, -0.15) is 13.2 Å². The minimum absolute atomic E-state index is 0.118. The molecular formula is C22H16F4N4O4S. The van der Waals surface area contributed by atoms with Gasteiger partial charge in [0.1, 0.15) is 17.9 Å². The number of anilines is 1. The highest BCUT2D eigenvalue weighted by Crippen LogP contribution is 2.33. The van der Waals surface area contributed by atoms with Crippen molar-refractivity contribution in [3.63, 3.8) is 0 Å². The molecule has 0 saturated carbocycles. The zero-order valence-electron chi connectivity index (χ0n) is 17.9. The normalized spacial score (nSPS) is 12.0. The molecule has 2 aromatic heterocycles. The number of hydrogen-bond donors (Lipinski definition) is 1. The van der Waals surface area contributed by atoms with Gasteiger partial charge in [-0.3, -0.25) is 4.57 Å². The lowest BCUT2D eigenvalue weighted by molar-refractivity contribution is -0.139. The fourth-order valence-corrected chi connectivity index (χ4v) is 3.96. The van der Waals surface area contributed by atoms with Crippen LogP contribution in [0.4, 0.5) is 28.0 Å². The maximum Gasteiger partial charge on any atom is 0.419 e. The van der Waals surface area contributed by atoms with E-state index in [0.29, 0.717) is 28.8 Å². The lowest BCUT2D eigenvalue weighted by atomic mass is 10.2. The molecule has 35 heavy (non-hydrogen) atoms. The molecule has 0 aliphatic carbocycles. The summed E-state index contributed by atoms with van der Waals surface area (Å²) in [7, 11) is -3.30. The summed E-state index contributed by atoms with van der Waals surface area (Å²) in [5, 5.41) is 2.88. The first-order valence-corrected chi connectivity index (χ1v) is 11.9. The summed E-state index contributed by atoms with van der Waals surface area (Å²) in [6.07, 6.45) is -1.24. The van der Waals surface area contributed by atoms with E-state index in [9.17, 15) is 30.8 Å². The van der Waals surface area contributed by atoms with E-state index in [1.54, 1.807) is 18.2 Å². The Bertz CT molecular complexity index is 1530. The third kappa shape index (κ3) is 5.74. The van der Waals surface area contributed by atoms with E-state index in [2.05, 4.69) is 15.3 Å². The first-order chi connectivity index (χ1) is 16.4. The van der Waals surface area contributed by atoms with Gasteiger partial charge < -0.3 is 10.1 Å². The van der Waals surface area contributed by atoms with E-state index in [4.69, 9.17) is 4.74 Å². The summed E-state index contributed by atoms with van der Waals surface area (Å²) in [6.45, 7) is 0. The third-order valence-corrected chi connectivity index (χ3v) is 5.55. The van der Waals surface area contributed by atoms with Crippen LogP contribution in [0.1, 0.15) is 11.3 Å². The molecule has 0 aliphatic rings. The largest absolute Gasteiger partial charge is 0.439 e. The number of fused-ring (bicyclic) bond motifs is 1. The molecule has 4 aromatic rings. The molecule has 0 aliphatic heterocycles. The lowest BCUT2D eigenvalue weighted by Gasteiger charge is -2.12. The smallest absolute Gasteiger partial charge is 0.419 e. The molecule has 182 valence electrons. The number of rotatable bonds is 5. The number of benzene rings is 2. The summed E-state index contributed by atoms with van der Waals surface area (Å²) in [4.78, 5) is 20.5. The molecule has 0 saturated heterocycles. The standard InChI is InChI=1S/C22H16F4N4O4S/c1-35(32,33)11-15-10-20(28-12-27-15)34-16-3-5-19-13(8-16)6-7-30(19)21(31)29-14-2-4-18(23)17(9-14)22(24,25)26/h2-10,12H,11H2,1H3,(H,29,31). The number of aromatic nitrogens is 3. The van der Waals surface area contributed by atoms with E-state index < -0.39 is 33.4 Å². The Morgan fingerprint density at radius 2 is 1.86 bits per heavy atom. The Labute approximate surface area is 196 Å². The van der Waals surface area contributed by atoms with Gasteiger partial charge in [-0.1, -0.05) is 0 Å². The molecule has 0 unspecified atom stereocenters. The topological polar surface area (TPSA) is 103 Å². The molecule has 0 atom stereocenters. The predicted octanol–water partition coefficient (Wildman–Crippen LogP) is 5.01. The highest BCUT2D eigenvalue weighted by molar-refractivity contribution is 7.89. The summed E-state index contributed by atoms with van der Waals surface area (Å²) in [6, 6.07) is 9.07. The van der Waals surface area contributed by atoms with Gasteiger partial charge in [0.25, 0.3) is 0 Å². The minimum Gasteiger partial charge on any atom is -0.439 e. The van der Waals surface area contributed by atoms with Crippen molar-refractivity contribution in [2.75, 3.05) is 11.6 Å². The molecule has 0 fully saturated rings. The second-order valence-corrected chi connectivity index (χ2v) is 9.69. The Kier molecular flexibility index (Phi) is 6.19. The minimum atomic E-state index is -4.91. The van der Waals surface area contributed by atoms with Crippen molar-refractivity contribution >= 4 is 32.5 Å². The van der Waals surface area contributed by atoms with Gasteiger partial charge in [0.2, 0.25) is 5.88 Å². The van der Waals surface area contributed by atoms with Crippen molar-refractivity contribution in [2.24, 2.45) is 0 Å². The second-order valence-electron chi connectivity index (χ2n) is 7.55. The number of halogens is 4. The number of alkyl halides is 3. The first kappa shape index (κ1) is 24.1. The number of amides is 1. The monoisotopic (exact) mass is 508 g/mol. The van der Waals surface area contributed by atoms with Gasteiger partial charge in [-0.15, -0.1) is 0 Å². The van der Waals surface area contributed by atoms with Crippen molar-refractivity contribution in [1.29, 1.82) is 0 Å². The van der Waals surface area contributed by atoms with Crippen LogP contribution >= 0.6 is 0 Å². The molecule has 0 bridgehead atoms. The van der Waals surface area contributed by atoms with Gasteiger partial charge in [-0.25, -0.2) is 27.6 Å². The van der Waals surface area contributed by atoms with E-state index in [1.165, 1.54) is 29.2 Å². The Hall–Kier alpha value is -4.00. The Balaban J connectivity index is 1.54. The summed E-state index contributed by atoms with van der Waals surface area (Å²) in [5.41, 5.74) is -1.03. The average molecular weight is 508 g/mol. The van der Waals surface area contributed by atoms with Gasteiger partial charge in [0, 0.05) is 29.6 Å². The molecule has 0 radical (unpaired) electrons. The van der Waals surface area contributed by atoms with Crippen LogP contribution < -0.4 is 10.1 Å². The SMILES string of the molecule is CS(=O)(=O)Cc1cc(Oc2ccc3c(ccn3C(=O)Nc3ccc(F)c(C(F)(F)F)c3)c2)ncn1. The number of hydrogen-bond acceptors (Lipinski definition) is 6. The van der Waals surface area contributed by atoms with Crippen molar-refractivity contribution in [3.8, 4) is 11.6 Å². The van der Waals surface area contributed by atoms with E-state index in [-0.39, 0.29) is 23.0 Å². The van der Waals surface area contributed by atoms with Crippen LogP contribution in [0.2, 0.25) is 0 Å². The molecule has 13 heteroatoms. The van der Waals surface area contributed by atoms with E-state index in [1.807, 2.05) is 0 Å². The second kappa shape index (κ2) is 8.98. The van der Waals surface area contributed by atoms with Crippen LogP contribution in [0.15, 0.2) is 61.1 Å². The van der Waals surface area contributed by atoms with Crippen LogP contribution in [0.3, 0.4) is 0 Å². The molecule has 8 nitrogen and oxygen atoms in total. The van der Waals surface area contributed by atoms with Gasteiger partial charge >= 0.3 is 12.2 Å². The molecule has 2 aromatic carbocycles. The van der Waals surface area contributed by atoms with E-state index in [0.717, 1.165) is 12.3 Å². The Morgan fingerprint density at radius 1 is 1.09 bits per heavy atom. The Morgan fingerprint density at radius 3 is 2.57 bits per heavy atom. The summed E-state index contributed by atoms with van der Waals surface area (Å²) < 4.78 is 82.0. The number of nitrogens with one attached hydrogen (secondary N) is 1. The van der Waals surface area contributed by atoms with E-state index >= 15 is 0 Å². The number of carbonyl (C=O) groups is 1. The van der Waals surface area contributed by atoms with Crippen LogP contribution in [0.5, 0.6) is 11.6 Å². The number of sulfone groups is 1. The quantitative estimate of drug-likeness (QED) is 0.381. The zero-order chi connectivity index (χ0) is 25.4. The highest BCUT2D eigenvalue weighted by Gasteiger charge is 2.34. The highest BCUT2D eigenvalue weighted by atomic mass is 32.2. The first-order valence-electron chi connectivity index (χ1n) is 9.85. The molecule has 4 rings (SSSR count). The average Bonchev–Trinajstić information content (AvgIpc) is 3.17. The lowest BCUT2D eigenvalue weighted by Crippen LogP contribution is -2.19. The molecule has 2 heterocycles. The maximum absolute atomic E-state index is 13.5. The third-order valence-electron chi connectivity index (χ3n) is 4.73. The number of ether oxygens (including phenoxy) is 1. The van der Waals surface area contributed by atoms with Gasteiger partial charge in [0.05, 0.1) is 22.5 Å². The molecule has 1 N–H and O–H groups in total. The number of nitrogens with zero attached hydrogens (tertiary/aromatic N) is 3. The summed E-state index contributed by atoms with van der Waals surface area (Å²) >= 11 is 0. The fourth-order valence-electron chi connectivity index (χ4n) is 3.27. The van der Waals surface area contributed by atoms with Crippen molar-refractivity contribution < 1.29 is 35.5 Å². The van der Waals surface area contributed by atoms with Gasteiger partial charge in [0.15, 0.2) is 9.84 Å². The molecule has 1 amide bonds. The fraction of sp³-hybridized carbons (Fsp3) is 0.136. The van der Waals surface area contributed by atoms with Crippen molar-refractivity contribution in [2.45, 2.75) is 11.9 Å². The zero-order valence-corrected chi connectivity index (χ0v) is 18.7.